The number of nitrogens with zero attached hydrogens (tertiary/aromatic N) is 1. The average molecular weight is 193 g/mol. The van der Waals surface area contributed by atoms with E-state index in [-0.39, 0.29) is 11.1 Å². The molecular formula is C9H7NO4. The maximum absolute atomic E-state index is 10.4. The molecule has 1 rings (SSSR count). The zero-order chi connectivity index (χ0) is 10.7. The third-order valence-corrected chi connectivity index (χ3v) is 1.69. The van der Waals surface area contributed by atoms with Crippen molar-refractivity contribution in [3.8, 4) is 11.8 Å². The van der Waals surface area contributed by atoms with E-state index >= 15 is 0 Å². The molecule has 0 fully saturated rings. The number of hydrogen-bond donors (Lipinski definition) is 3. The first-order chi connectivity index (χ1) is 6.56. The summed E-state index contributed by atoms with van der Waals surface area (Å²) < 4.78 is 0. The molecule has 1 unspecified atom stereocenters. The Hall–Kier alpha value is -2.06. The number of rotatable bonds is 2. The molecule has 0 radical (unpaired) electrons. The normalized spacial score (nSPS) is 11.7. The Balaban J connectivity index is 3.13. The van der Waals surface area contributed by atoms with E-state index in [2.05, 4.69) is 0 Å². The minimum Gasteiger partial charge on any atom is -0.508 e. The van der Waals surface area contributed by atoms with Gasteiger partial charge in [0.1, 0.15) is 5.75 Å². The van der Waals surface area contributed by atoms with Crippen LogP contribution < -0.4 is 0 Å². The van der Waals surface area contributed by atoms with E-state index in [1.165, 1.54) is 12.1 Å². The van der Waals surface area contributed by atoms with Crippen molar-refractivity contribution in [3.05, 3.63) is 29.3 Å². The summed E-state index contributed by atoms with van der Waals surface area (Å²) in [6.45, 7) is 0. The van der Waals surface area contributed by atoms with Gasteiger partial charge in [0, 0.05) is 5.56 Å². The highest BCUT2D eigenvalue weighted by molar-refractivity contribution is 5.75. The van der Waals surface area contributed by atoms with E-state index < -0.39 is 17.8 Å². The minimum absolute atomic E-state index is 0.128. The van der Waals surface area contributed by atoms with E-state index in [0.29, 0.717) is 0 Å². The SMILES string of the molecule is N#Cc1ccc(C(O)C(=O)O)c(O)c1. The zero-order valence-corrected chi connectivity index (χ0v) is 7.01. The lowest BCUT2D eigenvalue weighted by Gasteiger charge is -2.07. The number of carboxylic acid groups (broad SMARTS) is 1. The molecule has 0 aromatic heterocycles. The summed E-state index contributed by atoms with van der Waals surface area (Å²) in [5, 5.41) is 35.3. The molecule has 0 amide bonds. The van der Waals surface area contributed by atoms with Gasteiger partial charge in [0.05, 0.1) is 11.6 Å². The summed E-state index contributed by atoms with van der Waals surface area (Å²) in [5.41, 5.74) is 0.0698. The molecule has 0 aliphatic heterocycles. The fourth-order valence-electron chi connectivity index (χ4n) is 0.977. The predicted octanol–water partition coefficient (Wildman–Crippen LogP) is 0.382. The minimum atomic E-state index is -1.78. The largest absolute Gasteiger partial charge is 0.508 e. The van der Waals surface area contributed by atoms with E-state index in [1.807, 2.05) is 0 Å². The highest BCUT2D eigenvalue weighted by Gasteiger charge is 2.19. The Kier molecular flexibility index (Phi) is 2.70. The summed E-state index contributed by atoms with van der Waals surface area (Å²) in [6, 6.07) is 5.39. The van der Waals surface area contributed by atoms with Gasteiger partial charge in [0.15, 0.2) is 6.10 Å². The third kappa shape index (κ3) is 1.81. The predicted molar refractivity (Wildman–Crippen MR) is 45.4 cm³/mol. The van der Waals surface area contributed by atoms with Gasteiger partial charge in [-0.3, -0.25) is 0 Å². The van der Waals surface area contributed by atoms with Gasteiger partial charge in [-0.25, -0.2) is 4.79 Å². The van der Waals surface area contributed by atoms with Crippen molar-refractivity contribution in [1.29, 1.82) is 5.26 Å². The maximum Gasteiger partial charge on any atom is 0.337 e. The van der Waals surface area contributed by atoms with Crippen molar-refractivity contribution in [1.82, 2.24) is 0 Å². The maximum atomic E-state index is 10.4. The topological polar surface area (TPSA) is 102 Å². The molecule has 72 valence electrons. The molecule has 0 bridgehead atoms. The van der Waals surface area contributed by atoms with Gasteiger partial charge < -0.3 is 15.3 Å². The van der Waals surface area contributed by atoms with Crippen molar-refractivity contribution < 1.29 is 20.1 Å². The molecule has 3 N–H and O–H groups in total. The van der Waals surface area contributed by atoms with Crippen LogP contribution in [-0.4, -0.2) is 21.3 Å². The molecule has 0 heterocycles. The lowest BCUT2D eigenvalue weighted by molar-refractivity contribution is -0.147. The Morgan fingerprint density at radius 1 is 1.50 bits per heavy atom. The Labute approximate surface area is 79.5 Å². The number of aliphatic carboxylic acids is 1. The average Bonchev–Trinajstić information content (AvgIpc) is 2.16. The highest BCUT2D eigenvalue weighted by Crippen LogP contribution is 2.25. The van der Waals surface area contributed by atoms with E-state index in [9.17, 15) is 9.90 Å². The summed E-state index contributed by atoms with van der Waals surface area (Å²) >= 11 is 0. The highest BCUT2D eigenvalue weighted by atomic mass is 16.4. The monoisotopic (exact) mass is 193 g/mol. The first kappa shape index (κ1) is 10.0. The van der Waals surface area contributed by atoms with E-state index in [1.54, 1.807) is 6.07 Å². The van der Waals surface area contributed by atoms with Gasteiger partial charge in [-0.15, -0.1) is 0 Å². The van der Waals surface area contributed by atoms with Gasteiger partial charge in [-0.05, 0) is 12.1 Å². The van der Waals surface area contributed by atoms with E-state index in [0.717, 1.165) is 6.07 Å². The molecule has 14 heavy (non-hydrogen) atoms. The smallest absolute Gasteiger partial charge is 0.337 e. The Morgan fingerprint density at radius 3 is 2.57 bits per heavy atom. The third-order valence-electron chi connectivity index (χ3n) is 1.69. The van der Waals surface area contributed by atoms with Crippen LogP contribution >= 0.6 is 0 Å². The van der Waals surface area contributed by atoms with Gasteiger partial charge in [0.2, 0.25) is 0 Å². The van der Waals surface area contributed by atoms with Gasteiger partial charge in [0.25, 0.3) is 0 Å². The molecule has 5 nitrogen and oxygen atoms in total. The molecule has 1 atom stereocenters. The quantitative estimate of drug-likeness (QED) is 0.630. The molecule has 0 saturated heterocycles. The second kappa shape index (κ2) is 3.77. The van der Waals surface area contributed by atoms with Gasteiger partial charge in [-0.1, -0.05) is 6.07 Å². The summed E-state index contributed by atoms with van der Waals surface area (Å²) in [6.07, 6.45) is -1.78. The standard InChI is InChI=1S/C9H7NO4/c10-4-5-1-2-6(7(11)3-5)8(12)9(13)14/h1-3,8,11-12H,(H,13,14). The molecule has 0 aliphatic rings. The number of carbonyl (C=O) groups is 1. The zero-order valence-electron chi connectivity index (χ0n) is 7.01. The van der Waals surface area contributed by atoms with Crippen LogP contribution in [0, 0.1) is 11.3 Å². The van der Waals surface area contributed by atoms with Crippen LogP contribution in [0.1, 0.15) is 17.2 Å². The molecule has 0 spiro atoms. The van der Waals surface area contributed by atoms with Crippen LogP contribution in [0.2, 0.25) is 0 Å². The van der Waals surface area contributed by atoms with E-state index in [4.69, 9.17) is 15.5 Å². The lowest BCUT2D eigenvalue weighted by Crippen LogP contribution is -2.10. The molecule has 0 aliphatic carbocycles. The number of nitriles is 1. The molecule has 0 saturated carbocycles. The summed E-state index contributed by atoms with van der Waals surface area (Å²) in [4.78, 5) is 10.4. The Morgan fingerprint density at radius 2 is 2.14 bits per heavy atom. The van der Waals surface area contributed by atoms with Crippen molar-refractivity contribution in [2.45, 2.75) is 6.10 Å². The number of phenolic OH excluding ortho intramolecular Hbond substituents is 1. The number of phenols is 1. The molecule has 5 heteroatoms. The van der Waals surface area contributed by atoms with Gasteiger partial charge in [-0.2, -0.15) is 5.26 Å². The Bertz CT molecular complexity index is 408. The van der Waals surface area contributed by atoms with Gasteiger partial charge >= 0.3 is 5.97 Å². The van der Waals surface area contributed by atoms with Crippen LogP contribution in [0.15, 0.2) is 18.2 Å². The fraction of sp³-hybridized carbons (Fsp3) is 0.111. The summed E-state index contributed by atoms with van der Waals surface area (Å²) in [5.74, 6) is -1.86. The van der Waals surface area contributed by atoms with Crippen molar-refractivity contribution in [2.75, 3.05) is 0 Å². The van der Waals surface area contributed by atoms with Crippen molar-refractivity contribution >= 4 is 5.97 Å². The van der Waals surface area contributed by atoms with Crippen LogP contribution in [0.25, 0.3) is 0 Å². The second-order valence-corrected chi connectivity index (χ2v) is 2.63. The molecule has 1 aromatic rings. The molecular weight excluding hydrogens is 186 g/mol. The number of carboxylic acids is 1. The fourth-order valence-corrected chi connectivity index (χ4v) is 0.977. The van der Waals surface area contributed by atoms with Crippen LogP contribution in [0.3, 0.4) is 0 Å². The number of benzene rings is 1. The number of aromatic hydroxyl groups is 1. The summed E-state index contributed by atoms with van der Waals surface area (Å²) in [7, 11) is 0. The van der Waals surface area contributed by atoms with Crippen LogP contribution in [-0.2, 0) is 4.79 Å². The molecule has 1 aromatic carbocycles. The number of aliphatic hydroxyl groups is 1. The number of hydrogen-bond acceptors (Lipinski definition) is 4. The second-order valence-electron chi connectivity index (χ2n) is 2.63. The number of aliphatic hydroxyl groups excluding tert-OH is 1. The first-order valence-corrected chi connectivity index (χ1v) is 3.70. The lowest BCUT2D eigenvalue weighted by atomic mass is 10.1. The van der Waals surface area contributed by atoms with Crippen molar-refractivity contribution in [3.63, 3.8) is 0 Å². The first-order valence-electron chi connectivity index (χ1n) is 3.70. The van der Waals surface area contributed by atoms with Crippen LogP contribution in [0.5, 0.6) is 5.75 Å². The van der Waals surface area contributed by atoms with Crippen molar-refractivity contribution in [2.24, 2.45) is 0 Å². The van der Waals surface area contributed by atoms with Crippen LogP contribution in [0.4, 0.5) is 0 Å².